The molecule has 47 heavy (non-hydrogen) atoms. The number of carbonyl (C=O) groups is 3. The summed E-state index contributed by atoms with van der Waals surface area (Å²) < 4.78 is 78.4. The quantitative estimate of drug-likeness (QED) is 0.340. The number of halogens is 5. The molecular formula is C30H41F5N6O5S. The summed E-state index contributed by atoms with van der Waals surface area (Å²) in [5.41, 5.74) is -0.558. The van der Waals surface area contributed by atoms with Crippen LogP contribution in [-0.2, 0) is 19.1 Å². The van der Waals surface area contributed by atoms with Gasteiger partial charge in [0, 0.05) is 76.6 Å². The highest BCUT2D eigenvalue weighted by atomic mass is 32.5. The van der Waals surface area contributed by atoms with Crippen LogP contribution in [0.4, 0.5) is 29.9 Å². The molecule has 1 aromatic carbocycles. The topological polar surface area (TPSA) is 116 Å². The third kappa shape index (κ3) is 9.74. The SMILES string of the molecule is CO[C@H]1CN[C@@H](C(=O)N(c2ccc(S(F)(F)(F)(F)F)cc2)C(C(=O)NCCN2CCN(C(=O)OC(C)(C)C)CC2)c2cccnc2)C1. The van der Waals surface area contributed by atoms with E-state index in [4.69, 9.17) is 9.47 Å². The van der Waals surface area contributed by atoms with Crippen molar-refractivity contribution in [2.75, 3.05) is 57.8 Å². The maximum atomic E-state index is 14.0. The lowest BCUT2D eigenvalue weighted by Gasteiger charge is -2.41. The first-order valence-corrected chi connectivity index (χ1v) is 17.0. The van der Waals surface area contributed by atoms with E-state index in [1.807, 2.05) is 4.90 Å². The van der Waals surface area contributed by atoms with Gasteiger partial charge in [-0.25, -0.2) is 4.79 Å². The molecule has 2 aromatic rings. The third-order valence-corrected chi connectivity index (χ3v) is 8.94. The van der Waals surface area contributed by atoms with Crippen LogP contribution in [0.15, 0.2) is 53.7 Å². The number of nitrogens with one attached hydrogen (secondary N) is 2. The molecule has 2 aliphatic heterocycles. The largest absolute Gasteiger partial charge is 0.444 e. The van der Waals surface area contributed by atoms with Crippen molar-refractivity contribution in [3.63, 3.8) is 0 Å². The van der Waals surface area contributed by atoms with Gasteiger partial charge in [0.15, 0.2) is 0 Å². The van der Waals surface area contributed by atoms with E-state index in [0.717, 1.165) is 17.0 Å². The number of rotatable bonds is 10. The normalized spacial score (nSPS) is 21.3. The van der Waals surface area contributed by atoms with Crippen LogP contribution < -0.4 is 15.5 Å². The smallest absolute Gasteiger partial charge is 0.410 e. The summed E-state index contributed by atoms with van der Waals surface area (Å²) in [7, 11) is -8.53. The number of amides is 3. The maximum absolute atomic E-state index is 14.0. The molecule has 1 aromatic heterocycles. The first-order chi connectivity index (χ1) is 21.8. The Bertz CT molecular complexity index is 1420. The fourth-order valence-corrected chi connectivity index (χ4v) is 6.03. The van der Waals surface area contributed by atoms with Gasteiger partial charge in [0.25, 0.3) is 0 Å². The Labute approximate surface area is 270 Å². The predicted molar refractivity (Wildman–Crippen MR) is 167 cm³/mol. The second-order valence-corrected chi connectivity index (χ2v) is 14.9. The minimum absolute atomic E-state index is 0.140. The van der Waals surface area contributed by atoms with Crippen molar-refractivity contribution in [2.45, 2.75) is 55.9 Å². The first kappa shape index (κ1) is 36.3. The summed E-state index contributed by atoms with van der Waals surface area (Å²) in [6.45, 7) is 8.12. The number of aromatic nitrogens is 1. The molecule has 3 amide bonds. The lowest BCUT2D eigenvalue weighted by Crippen LogP contribution is -2.52. The molecule has 0 radical (unpaired) electrons. The fourth-order valence-electron chi connectivity index (χ4n) is 5.38. The monoisotopic (exact) mass is 692 g/mol. The highest BCUT2D eigenvalue weighted by Gasteiger charge is 2.65. The van der Waals surface area contributed by atoms with Gasteiger partial charge in [-0.2, -0.15) is 0 Å². The molecule has 17 heteroatoms. The second-order valence-electron chi connectivity index (χ2n) is 12.5. The number of benzene rings is 1. The van der Waals surface area contributed by atoms with Crippen LogP contribution >= 0.6 is 10.2 Å². The number of nitrogens with zero attached hydrogens (tertiary/aromatic N) is 4. The van der Waals surface area contributed by atoms with Crippen LogP contribution in [0.2, 0.25) is 0 Å². The maximum Gasteiger partial charge on any atom is 0.410 e. The third-order valence-electron chi connectivity index (χ3n) is 7.78. The van der Waals surface area contributed by atoms with E-state index in [1.54, 1.807) is 25.7 Å². The van der Waals surface area contributed by atoms with Crippen molar-refractivity contribution in [2.24, 2.45) is 0 Å². The molecule has 0 aliphatic carbocycles. The Morgan fingerprint density at radius 3 is 2.26 bits per heavy atom. The van der Waals surface area contributed by atoms with Crippen molar-refractivity contribution in [1.29, 1.82) is 0 Å². The number of pyridine rings is 1. The lowest BCUT2D eigenvalue weighted by atomic mass is 10.0. The number of hydrogen-bond acceptors (Lipinski definition) is 8. The summed E-state index contributed by atoms with van der Waals surface area (Å²) in [5, 5.41) is 5.82. The number of piperazine rings is 1. The second kappa shape index (κ2) is 13.2. The minimum atomic E-state index is -10.0. The van der Waals surface area contributed by atoms with E-state index in [2.05, 4.69) is 15.6 Å². The summed E-state index contributed by atoms with van der Waals surface area (Å²) in [4.78, 5) is 46.9. The van der Waals surface area contributed by atoms with Crippen molar-refractivity contribution in [3.8, 4) is 0 Å². The van der Waals surface area contributed by atoms with Gasteiger partial charge in [0.1, 0.15) is 16.5 Å². The molecule has 0 bridgehead atoms. The van der Waals surface area contributed by atoms with E-state index in [0.29, 0.717) is 39.3 Å². The summed E-state index contributed by atoms with van der Waals surface area (Å²) >= 11 is 0. The van der Waals surface area contributed by atoms with Crippen LogP contribution in [0.3, 0.4) is 0 Å². The van der Waals surface area contributed by atoms with Gasteiger partial charge in [-0.3, -0.25) is 24.4 Å². The molecule has 11 nitrogen and oxygen atoms in total. The molecule has 2 fully saturated rings. The van der Waals surface area contributed by atoms with E-state index in [1.165, 1.54) is 31.6 Å². The predicted octanol–water partition coefficient (Wildman–Crippen LogP) is 4.86. The Kier molecular flexibility index (Phi) is 10.2. The molecule has 0 saturated carbocycles. The van der Waals surface area contributed by atoms with E-state index in [-0.39, 0.29) is 42.5 Å². The summed E-state index contributed by atoms with van der Waals surface area (Å²) in [6.07, 6.45) is 2.28. The summed E-state index contributed by atoms with van der Waals surface area (Å²) in [5.74, 6) is -1.32. The van der Waals surface area contributed by atoms with Crippen LogP contribution in [0, 0.1) is 0 Å². The van der Waals surface area contributed by atoms with Crippen molar-refractivity contribution < 1.29 is 43.3 Å². The molecule has 0 spiro atoms. The average Bonchev–Trinajstić information content (AvgIpc) is 3.48. The average molecular weight is 693 g/mol. The van der Waals surface area contributed by atoms with Crippen molar-refractivity contribution in [1.82, 2.24) is 25.4 Å². The number of carbonyl (C=O) groups excluding carboxylic acids is 3. The molecular weight excluding hydrogens is 651 g/mol. The molecule has 2 N–H and O–H groups in total. The minimum Gasteiger partial charge on any atom is -0.444 e. The molecule has 262 valence electrons. The van der Waals surface area contributed by atoms with Gasteiger partial charge in [0.2, 0.25) is 11.8 Å². The number of anilines is 1. The number of hydrogen-bond donors (Lipinski definition) is 2. The molecule has 2 saturated heterocycles. The Morgan fingerprint density at radius 2 is 1.72 bits per heavy atom. The Balaban J connectivity index is 1.55. The van der Waals surface area contributed by atoms with Gasteiger partial charge in [-0.1, -0.05) is 25.5 Å². The standard InChI is InChI=1S/C30H41F5N6O5S/c1-30(2,3)46-29(44)40-16-14-39(15-17-40)13-12-37-27(42)26(21-6-5-11-36-19-21)41(28(43)25-18-23(45-4)20-38-25)22-7-9-24(10-8-22)47(31,32,33,34)35/h5-11,19,23,25-26,38H,12-18,20H2,1-4H3,(H,37,42)/t23-,25-,26?/m1/s1. The molecule has 2 aliphatic rings. The molecule has 3 heterocycles. The Morgan fingerprint density at radius 1 is 1.06 bits per heavy atom. The number of methoxy groups -OCH3 is 1. The van der Waals surface area contributed by atoms with E-state index < -0.39 is 50.7 Å². The van der Waals surface area contributed by atoms with Gasteiger partial charge >= 0.3 is 16.3 Å². The van der Waals surface area contributed by atoms with Crippen LogP contribution in [0.1, 0.15) is 38.8 Å². The van der Waals surface area contributed by atoms with Crippen molar-refractivity contribution >= 4 is 33.8 Å². The number of ether oxygens (including phenoxy) is 2. The van der Waals surface area contributed by atoms with Crippen LogP contribution in [0.25, 0.3) is 0 Å². The zero-order valence-corrected chi connectivity index (χ0v) is 27.5. The summed E-state index contributed by atoms with van der Waals surface area (Å²) in [6, 6.07) is 2.74. The Hall–Kier alpha value is -3.54. The zero-order chi connectivity index (χ0) is 34.7. The van der Waals surface area contributed by atoms with E-state index >= 15 is 0 Å². The van der Waals surface area contributed by atoms with Gasteiger partial charge in [-0.05, 0) is 57.5 Å². The van der Waals surface area contributed by atoms with Gasteiger partial charge in [0.05, 0.1) is 12.1 Å². The van der Waals surface area contributed by atoms with Crippen LogP contribution in [-0.4, -0.2) is 103 Å². The highest BCUT2D eigenvalue weighted by Crippen LogP contribution is 3.02. The lowest BCUT2D eigenvalue weighted by molar-refractivity contribution is -0.127. The molecule has 1 unspecified atom stereocenters. The van der Waals surface area contributed by atoms with Gasteiger partial charge < -0.3 is 25.0 Å². The first-order valence-electron chi connectivity index (χ1n) is 15.1. The van der Waals surface area contributed by atoms with Gasteiger partial charge in [-0.15, -0.1) is 0 Å². The fraction of sp³-hybridized carbons (Fsp3) is 0.533. The highest BCUT2D eigenvalue weighted by molar-refractivity contribution is 8.45. The van der Waals surface area contributed by atoms with E-state index in [9.17, 15) is 33.8 Å². The molecule has 3 atom stereocenters. The van der Waals surface area contributed by atoms with Crippen molar-refractivity contribution in [3.05, 3.63) is 54.4 Å². The van der Waals surface area contributed by atoms with Crippen LogP contribution in [0.5, 0.6) is 0 Å². The molecule has 4 rings (SSSR count). The zero-order valence-electron chi connectivity index (χ0n) is 26.6.